The molecule has 198 valence electrons. The Morgan fingerprint density at radius 3 is 2.32 bits per heavy atom. The van der Waals surface area contributed by atoms with Gasteiger partial charge in [0.1, 0.15) is 5.82 Å². The molecule has 3 aromatic rings. The molecule has 0 bridgehead atoms. The van der Waals surface area contributed by atoms with Gasteiger partial charge in [0.25, 0.3) is 11.5 Å². The number of rotatable bonds is 11. The predicted molar refractivity (Wildman–Crippen MR) is 134 cm³/mol. The van der Waals surface area contributed by atoms with Crippen LogP contribution in [0.25, 0.3) is 11.3 Å². The van der Waals surface area contributed by atoms with Crippen LogP contribution in [0.2, 0.25) is 5.02 Å². The zero-order valence-electron chi connectivity index (χ0n) is 19.9. The van der Waals surface area contributed by atoms with Crippen LogP contribution in [-0.4, -0.2) is 63.1 Å². The number of carbonyl (C=O) groups is 1. The van der Waals surface area contributed by atoms with Crippen LogP contribution < -0.4 is 5.56 Å². The maximum absolute atomic E-state index is 13.1. The monoisotopic (exact) mass is 537 g/mol. The van der Waals surface area contributed by atoms with Gasteiger partial charge in [-0.1, -0.05) is 35.9 Å². The van der Waals surface area contributed by atoms with E-state index in [-0.39, 0.29) is 57.1 Å². The number of halogens is 4. The number of amides is 1. The molecule has 2 aromatic carbocycles. The summed E-state index contributed by atoms with van der Waals surface area (Å²) >= 11 is 5.93. The van der Waals surface area contributed by atoms with E-state index in [0.29, 0.717) is 21.8 Å². The Hall–Kier alpha value is -3.21. The standard InChI is InChI=1S/C26H27ClF3N3O4/c27-21-8-6-19(7-9-21)22-16-24(36)33(23(31-22)5-2-10-26(28,29)30)17-18-3-1-4-20(15-18)25(37)32(11-13-34)12-14-35/h1,3-4,6-9,15-16,34-35H,2,5,10-14,17H2. The van der Waals surface area contributed by atoms with Crippen molar-refractivity contribution in [1.29, 1.82) is 0 Å². The number of hydrogen-bond acceptors (Lipinski definition) is 5. The summed E-state index contributed by atoms with van der Waals surface area (Å²) in [7, 11) is 0. The first kappa shape index (κ1) is 28.4. The Balaban J connectivity index is 1.95. The highest BCUT2D eigenvalue weighted by atomic mass is 35.5. The van der Waals surface area contributed by atoms with Crippen LogP contribution in [0.3, 0.4) is 0 Å². The molecular weight excluding hydrogens is 511 g/mol. The normalized spacial score (nSPS) is 11.5. The summed E-state index contributed by atoms with van der Waals surface area (Å²) in [5, 5.41) is 18.9. The van der Waals surface area contributed by atoms with E-state index in [1.165, 1.54) is 15.5 Å². The molecule has 0 saturated heterocycles. The highest BCUT2D eigenvalue weighted by Gasteiger charge is 2.26. The Morgan fingerprint density at radius 2 is 1.70 bits per heavy atom. The molecule has 0 unspecified atom stereocenters. The minimum atomic E-state index is -4.33. The number of aliphatic hydroxyl groups excluding tert-OH is 2. The van der Waals surface area contributed by atoms with Crippen LogP contribution >= 0.6 is 11.6 Å². The number of aryl methyl sites for hydroxylation is 1. The Labute approximate surface area is 216 Å². The molecule has 3 rings (SSSR count). The Bertz CT molecular complexity index is 1260. The quantitative estimate of drug-likeness (QED) is 0.386. The number of alkyl halides is 3. The first-order chi connectivity index (χ1) is 17.6. The van der Waals surface area contributed by atoms with Crippen LogP contribution in [0.4, 0.5) is 13.2 Å². The fourth-order valence-corrected chi connectivity index (χ4v) is 3.98. The van der Waals surface area contributed by atoms with E-state index in [4.69, 9.17) is 11.6 Å². The Kier molecular flexibility index (Phi) is 9.85. The highest BCUT2D eigenvalue weighted by molar-refractivity contribution is 6.30. The average molecular weight is 538 g/mol. The number of aromatic nitrogens is 2. The van der Waals surface area contributed by atoms with E-state index >= 15 is 0 Å². The molecule has 0 saturated carbocycles. The number of hydrogen-bond donors (Lipinski definition) is 2. The van der Waals surface area contributed by atoms with E-state index in [1.54, 1.807) is 48.5 Å². The molecular formula is C26H27ClF3N3O4. The highest BCUT2D eigenvalue weighted by Crippen LogP contribution is 2.24. The van der Waals surface area contributed by atoms with Gasteiger partial charge in [-0.3, -0.25) is 14.2 Å². The second kappa shape index (κ2) is 12.8. The molecule has 0 aliphatic heterocycles. The fourth-order valence-electron chi connectivity index (χ4n) is 3.85. The molecule has 0 aliphatic rings. The topological polar surface area (TPSA) is 95.7 Å². The van der Waals surface area contributed by atoms with Gasteiger partial charge < -0.3 is 15.1 Å². The SMILES string of the molecule is O=C(c1cccc(Cn2c(CCCC(F)(F)F)nc(-c3ccc(Cl)cc3)cc2=O)c1)N(CCO)CCO. The maximum Gasteiger partial charge on any atom is 0.389 e. The largest absolute Gasteiger partial charge is 0.395 e. The van der Waals surface area contributed by atoms with Crippen LogP contribution in [-0.2, 0) is 13.0 Å². The van der Waals surface area contributed by atoms with E-state index in [9.17, 15) is 33.0 Å². The molecule has 1 heterocycles. The summed E-state index contributed by atoms with van der Waals surface area (Å²) in [4.78, 5) is 31.7. The van der Waals surface area contributed by atoms with E-state index in [1.807, 2.05) is 0 Å². The first-order valence-corrected chi connectivity index (χ1v) is 12.0. The molecule has 11 heteroatoms. The average Bonchev–Trinajstić information content (AvgIpc) is 2.85. The van der Waals surface area contributed by atoms with Gasteiger partial charge >= 0.3 is 6.18 Å². The third kappa shape index (κ3) is 8.14. The maximum atomic E-state index is 13.1. The summed E-state index contributed by atoms with van der Waals surface area (Å²) in [5.41, 5.74) is 1.34. The van der Waals surface area contributed by atoms with Gasteiger partial charge in [-0.15, -0.1) is 0 Å². The number of aliphatic hydroxyl groups is 2. The third-order valence-corrected chi connectivity index (χ3v) is 5.88. The lowest BCUT2D eigenvalue weighted by molar-refractivity contribution is -0.135. The van der Waals surface area contributed by atoms with Crippen molar-refractivity contribution in [2.45, 2.75) is 32.0 Å². The molecule has 37 heavy (non-hydrogen) atoms. The molecule has 2 N–H and O–H groups in total. The minimum Gasteiger partial charge on any atom is -0.395 e. The van der Waals surface area contributed by atoms with E-state index < -0.39 is 24.1 Å². The summed E-state index contributed by atoms with van der Waals surface area (Å²) in [6.07, 6.45) is -5.66. The smallest absolute Gasteiger partial charge is 0.389 e. The van der Waals surface area contributed by atoms with Crippen molar-refractivity contribution in [3.8, 4) is 11.3 Å². The van der Waals surface area contributed by atoms with Gasteiger partial charge in [0.15, 0.2) is 0 Å². The van der Waals surface area contributed by atoms with Crippen LogP contribution in [0, 0.1) is 0 Å². The number of carbonyl (C=O) groups excluding carboxylic acids is 1. The van der Waals surface area contributed by atoms with E-state index in [2.05, 4.69) is 4.98 Å². The summed E-state index contributed by atoms with van der Waals surface area (Å²) in [5.74, 6) is -0.209. The van der Waals surface area contributed by atoms with Gasteiger partial charge in [0.05, 0.1) is 25.5 Å². The van der Waals surface area contributed by atoms with Gasteiger partial charge in [-0.05, 0) is 36.2 Å². The van der Waals surface area contributed by atoms with Gasteiger partial charge in [-0.25, -0.2) is 4.98 Å². The molecule has 1 amide bonds. The fraction of sp³-hybridized carbons (Fsp3) is 0.346. The van der Waals surface area contributed by atoms with Crippen molar-refractivity contribution < 1.29 is 28.2 Å². The summed E-state index contributed by atoms with van der Waals surface area (Å²) in [6, 6.07) is 14.4. The predicted octanol–water partition coefficient (Wildman–Crippen LogP) is 3.92. The van der Waals surface area contributed by atoms with Crippen LogP contribution in [0.1, 0.15) is 34.6 Å². The van der Waals surface area contributed by atoms with Crippen LogP contribution in [0.5, 0.6) is 0 Å². The van der Waals surface area contributed by atoms with Crippen molar-refractivity contribution in [2.75, 3.05) is 26.3 Å². The molecule has 7 nitrogen and oxygen atoms in total. The van der Waals surface area contributed by atoms with E-state index in [0.717, 1.165) is 0 Å². The zero-order chi connectivity index (χ0) is 27.0. The van der Waals surface area contributed by atoms with Crippen molar-refractivity contribution in [3.63, 3.8) is 0 Å². The second-order valence-corrected chi connectivity index (χ2v) is 8.83. The summed E-state index contributed by atoms with van der Waals surface area (Å²) < 4.78 is 39.7. The third-order valence-electron chi connectivity index (χ3n) is 5.63. The lowest BCUT2D eigenvalue weighted by atomic mass is 10.1. The van der Waals surface area contributed by atoms with Crippen molar-refractivity contribution in [1.82, 2.24) is 14.5 Å². The molecule has 1 aromatic heterocycles. The summed E-state index contributed by atoms with van der Waals surface area (Å²) in [6.45, 7) is -0.457. The second-order valence-electron chi connectivity index (χ2n) is 8.40. The lowest BCUT2D eigenvalue weighted by Crippen LogP contribution is -2.36. The van der Waals surface area contributed by atoms with Crippen molar-refractivity contribution >= 4 is 17.5 Å². The molecule has 0 spiro atoms. The molecule has 0 fully saturated rings. The lowest BCUT2D eigenvalue weighted by Gasteiger charge is -2.21. The van der Waals surface area contributed by atoms with Gasteiger partial charge in [0, 0.05) is 48.1 Å². The zero-order valence-corrected chi connectivity index (χ0v) is 20.7. The molecule has 0 aliphatic carbocycles. The van der Waals surface area contributed by atoms with Gasteiger partial charge in [0.2, 0.25) is 0 Å². The van der Waals surface area contributed by atoms with Crippen LogP contribution in [0.15, 0.2) is 59.4 Å². The van der Waals surface area contributed by atoms with Crippen molar-refractivity contribution in [2.24, 2.45) is 0 Å². The minimum absolute atomic E-state index is 0.00476. The Morgan fingerprint density at radius 1 is 1.03 bits per heavy atom. The number of nitrogens with zero attached hydrogens (tertiary/aromatic N) is 3. The van der Waals surface area contributed by atoms with Crippen molar-refractivity contribution in [3.05, 3.63) is 86.9 Å². The molecule has 0 atom stereocenters. The molecule has 0 radical (unpaired) electrons. The van der Waals surface area contributed by atoms with Gasteiger partial charge in [-0.2, -0.15) is 13.2 Å². The number of benzene rings is 2. The first-order valence-electron chi connectivity index (χ1n) is 11.6.